The first-order valence-corrected chi connectivity index (χ1v) is 5.56. The van der Waals surface area contributed by atoms with Crippen molar-refractivity contribution in [2.45, 2.75) is 19.1 Å². The van der Waals surface area contributed by atoms with Crippen LogP contribution in [0.3, 0.4) is 0 Å². The molecule has 0 aromatic heterocycles. The van der Waals surface area contributed by atoms with Gasteiger partial charge in [0.2, 0.25) is 0 Å². The largest absolute Gasteiger partial charge is 0.374 e. The van der Waals surface area contributed by atoms with Crippen molar-refractivity contribution in [2.75, 3.05) is 19.7 Å². The number of nitrogens with zero attached hydrogens (tertiary/aromatic N) is 1. The van der Waals surface area contributed by atoms with Gasteiger partial charge in [-0.15, -0.1) is 0 Å². The van der Waals surface area contributed by atoms with Gasteiger partial charge in [0, 0.05) is 19.1 Å². The van der Waals surface area contributed by atoms with E-state index in [1.165, 1.54) is 4.31 Å². The summed E-state index contributed by atoms with van der Waals surface area (Å²) in [5, 5.41) is 4.97. The SMILES string of the molecule is CC(N)C1CN(S(N)(=O)=O)CCO1. The number of hydrogen-bond acceptors (Lipinski definition) is 4. The topological polar surface area (TPSA) is 98.6 Å². The third-order valence-electron chi connectivity index (χ3n) is 2.00. The first-order chi connectivity index (χ1) is 5.91. The molecule has 1 fully saturated rings. The molecule has 1 saturated heterocycles. The summed E-state index contributed by atoms with van der Waals surface area (Å²) in [6.07, 6.45) is -0.257. The highest BCUT2D eigenvalue weighted by atomic mass is 32.2. The predicted octanol–water partition coefficient (Wildman–Crippen LogP) is -1.76. The molecule has 6 nitrogen and oxygen atoms in total. The standard InChI is InChI=1S/C6H15N3O3S/c1-5(7)6-4-9(2-3-12-6)13(8,10)11/h5-6H,2-4,7H2,1H3,(H2,8,10,11). The predicted molar refractivity (Wildman–Crippen MR) is 48.1 cm³/mol. The Morgan fingerprint density at radius 3 is 2.69 bits per heavy atom. The summed E-state index contributed by atoms with van der Waals surface area (Å²) in [7, 11) is -3.59. The van der Waals surface area contributed by atoms with Gasteiger partial charge < -0.3 is 10.5 Å². The molecular weight excluding hydrogens is 194 g/mol. The van der Waals surface area contributed by atoms with Gasteiger partial charge in [-0.3, -0.25) is 0 Å². The minimum Gasteiger partial charge on any atom is -0.374 e. The summed E-state index contributed by atoms with van der Waals surface area (Å²) >= 11 is 0. The van der Waals surface area contributed by atoms with Crippen LogP contribution < -0.4 is 10.9 Å². The van der Waals surface area contributed by atoms with Crippen molar-refractivity contribution in [3.8, 4) is 0 Å². The van der Waals surface area contributed by atoms with E-state index >= 15 is 0 Å². The first-order valence-electron chi connectivity index (χ1n) is 4.06. The highest BCUT2D eigenvalue weighted by Crippen LogP contribution is 2.09. The highest BCUT2D eigenvalue weighted by Gasteiger charge is 2.28. The normalized spacial score (nSPS) is 28.7. The minimum atomic E-state index is -3.59. The molecule has 0 bridgehead atoms. The molecule has 0 aromatic rings. The Balaban J connectivity index is 2.62. The molecule has 0 radical (unpaired) electrons. The molecule has 0 aromatic carbocycles. The first kappa shape index (κ1) is 10.9. The summed E-state index contributed by atoms with van der Waals surface area (Å²) in [5.41, 5.74) is 5.59. The van der Waals surface area contributed by atoms with Gasteiger partial charge in [0.25, 0.3) is 10.2 Å². The van der Waals surface area contributed by atoms with Gasteiger partial charge in [-0.25, -0.2) is 5.14 Å². The number of hydrogen-bond donors (Lipinski definition) is 2. The van der Waals surface area contributed by atoms with Crippen molar-refractivity contribution < 1.29 is 13.2 Å². The lowest BCUT2D eigenvalue weighted by atomic mass is 10.2. The van der Waals surface area contributed by atoms with E-state index in [0.29, 0.717) is 13.2 Å². The molecule has 7 heteroatoms. The third-order valence-corrected chi connectivity index (χ3v) is 3.05. The van der Waals surface area contributed by atoms with Crippen molar-refractivity contribution in [3.05, 3.63) is 0 Å². The van der Waals surface area contributed by atoms with E-state index in [4.69, 9.17) is 15.6 Å². The van der Waals surface area contributed by atoms with E-state index < -0.39 is 10.2 Å². The molecule has 0 aliphatic carbocycles. The van der Waals surface area contributed by atoms with Crippen molar-refractivity contribution in [1.82, 2.24) is 4.31 Å². The fraction of sp³-hybridized carbons (Fsp3) is 1.00. The van der Waals surface area contributed by atoms with Crippen LogP contribution >= 0.6 is 0 Å². The van der Waals surface area contributed by atoms with E-state index in [2.05, 4.69) is 0 Å². The summed E-state index contributed by atoms with van der Waals surface area (Å²) in [4.78, 5) is 0. The van der Waals surface area contributed by atoms with Gasteiger partial charge in [-0.1, -0.05) is 0 Å². The van der Waals surface area contributed by atoms with Gasteiger partial charge in [0.1, 0.15) is 0 Å². The Bertz CT molecular complexity index is 264. The van der Waals surface area contributed by atoms with Gasteiger partial charge in [0.05, 0.1) is 12.7 Å². The maximum atomic E-state index is 11.0. The molecule has 1 rings (SSSR count). The Labute approximate surface area is 78.0 Å². The van der Waals surface area contributed by atoms with Crippen molar-refractivity contribution in [2.24, 2.45) is 10.9 Å². The molecule has 0 amide bonds. The number of rotatable bonds is 2. The quantitative estimate of drug-likeness (QED) is 0.562. The maximum Gasteiger partial charge on any atom is 0.277 e. The van der Waals surface area contributed by atoms with Crippen LogP contribution in [0, 0.1) is 0 Å². The molecule has 4 N–H and O–H groups in total. The van der Waals surface area contributed by atoms with E-state index in [-0.39, 0.29) is 18.7 Å². The van der Waals surface area contributed by atoms with E-state index in [1.54, 1.807) is 6.92 Å². The molecule has 0 saturated carbocycles. The zero-order valence-corrected chi connectivity index (χ0v) is 8.33. The number of morpholine rings is 1. The van der Waals surface area contributed by atoms with E-state index in [1.807, 2.05) is 0 Å². The zero-order valence-electron chi connectivity index (χ0n) is 7.51. The Morgan fingerprint density at radius 2 is 2.23 bits per heavy atom. The van der Waals surface area contributed by atoms with Gasteiger partial charge in [0.15, 0.2) is 0 Å². The van der Waals surface area contributed by atoms with Crippen molar-refractivity contribution in [3.63, 3.8) is 0 Å². The monoisotopic (exact) mass is 209 g/mol. The summed E-state index contributed by atoms with van der Waals surface area (Å²) in [6.45, 7) is 2.68. The average molecular weight is 209 g/mol. The van der Waals surface area contributed by atoms with Crippen LogP contribution in [0.15, 0.2) is 0 Å². The molecule has 2 unspecified atom stereocenters. The van der Waals surface area contributed by atoms with Crippen molar-refractivity contribution >= 4 is 10.2 Å². The second kappa shape index (κ2) is 3.89. The molecule has 1 aliphatic heterocycles. The zero-order chi connectivity index (χ0) is 10.1. The molecule has 0 spiro atoms. The molecule has 1 heterocycles. The van der Waals surface area contributed by atoms with Crippen LogP contribution in [-0.4, -0.2) is 44.6 Å². The Hall–Kier alpha value is -0.210. The van der Waals surface area contributed by atoms with Crippen LogP contribution in [0.5, 0.6) is 0 Å². The van der Waals surface area contributed by atoms with Crippen LogP contribution in [0.25, 0.3) is 0 Å². The number of ether oxygens (including phenoxy) is 1. The summed E-state index contributed by atoms with van der Waals surface area (Å²) < 4.78 is 28.4. The lowest BCUT2D eigenvalue weighted by Gasteiger charge is -2.32. The fourth-order valence-electron chi connectivity index (χ4n) is 1.20. The lowest BCUT2D eigenvalue weighted by Crippen LogP contribution is -2.52. The maximum absolute atomic E-state index is 11.0. The minimum absolute atomic E-state index is 0.190. The van der Waals surface area contributed by atoms with Crippen LogP contribution in [-0.2, 0) is 14.9 Å². The van der Waals surface area contributed by atoms with Crippen LogP contribution in [0.4, 0.5) is 0 Å². The van der Waals surface area contributed by atoms with E-state index in [9.17, 15) is 8.42 Å². The van der Waals surface area contributed by atoms with E-state index in [0.717, 1.165) is 0 Å². The molecule has 1 aliphatic rings. The Kier molecular flexibility index (Phi) is 3.25. The van der Waals surface area contributed by atoms with Gasteiger partial charge in [-0.05, 0) is 6.92 Å². The van der Waals surface area contributed by atoms with Gasteiger partial charge in [-0.2, -0.15) is 12.7 Å². The average Bonchev–Trinajstić information content (AvgIpc) is 2.03. The van der Waals surface area contributed by atoms with Crippen LogP contribution in [0.1, 0.15) is 6.92 Å². The van der Waals surface area contributed by atoms with Crippen molar-refractivity contribution in [1.29, 1.82) is 0 Å². The summed E-state index contributed by atoms with van der Waals surface area (Å²) in [5.74, 6) is 0. The molecule has 2 atom stereocenters. The number of nitrogens with two attached hydrogens (primary N) is 2. The third kappa shape index (κ3) is 2.89. The highest BCUT2D eigenvalue weighted by molar-refractivity contribution is 7.86. The Morgan fingerprint density at radius 1 is 1.62 bits per heavy atom. The fourth-order valence-corrected chi connectivity index (χ4v) is 1.88. The second-order valence-electron chi connectivity index (χ2n) is 3.17. The molecule has 13 heavy (non-hydrogen) atoms. The summed E-state index contributed by atoms with van der Waals surface area (Å²) in [6, 6.07) is -0.190. The lowest BCUT2D eigenvalue weighted by molar-refractivity contribution is -0.0120. The molecular formula is C6H15N3O3S. The van der Waals surface area contributed by atoms with Gasteiger partial charge >= 0.3 is 0 Å². The second-order valence-corrected chi connectivity index (χ2v) is 4.72. The smallest absolute Gasteiger partial charge is 0.277 e. The van der Waals surface area contributed by atoms with Crippen LogP contribution in [0.2, 0.25) is 0 Å². The molecule has 78 valence electrons.